The number of fused-ring (bicyclic) bond motifs is 1. The number of rotatable bonds is 1. The van der Waals surface area contributed by atoms with Gasteiger partial charge in [-0.05, 0) is 12.1 Å². The summed E-state index contributed by atoms with van der Waals surface area (Å²) in [6.07, 6.45) is 3.24. The molecule has 2 aromatic rings. The smallest absolute Gasteiger partial charge is 0.256 e. The molecule has 0 radical (unpaired) electrons. The van der Waals surface area contributed by atoms with Crippen molar-refractivity contribution in [3.63, 3.8) is 0 Å². The van der Waals surface area contributed by atoms with Gasteiger partial charge in [-0.15, -0.1) is 0 Å². The number of para-hydroxylation sites is 1. The van der Waals surface area contributed by atoms with Gasteiger partial charge in [-0.25, -0.2) is 0 Å². The number of anilines is 1. The van der Waals surface area contributed by atoms with E-state index >= 15 is 0 Å². The number of aromatic nitrogens is 1. The van der Waals surface area contributed by atoms with Crippen LogP contribution in [0.1, 0.15) is 11.3 Å². The largest absolute Gasteiger partial charge is 0.357 e. The molecule has 1 aliphatic rings. The fourth-order valence-corrected chi connectivity index (χ4v) is 1.72. The van der Waals surface area contributed by atoms with Crippen molar-refractivity contribution in [1.82, 2.24) is 5.16 Å². The van der Waals surface area contributed by atoms with E-state index < -0.39 is 0 Å². The third kappa shape index (κ3) is 1.32. The molecule has 0 aliphatic carbocycles. The first kappa shape index (κ1) is 8.91. The fourth-order valence-electron chi connectivity index (χ4n) is 1.72. The van der Waals surface area contributed by atoms with Crippen molar-refractivity contribution in [2.75, 3.05) is 5.32 Å². The summed E-state index contributed by atoms with van der Waals surface area (Å²) in [6.45, 7) is 0. The Morgan fingerprint density at radius 2 is 2.12 bits per heavy atom. The van der Waals surface area contributed by atoms with E-state index in [4.69, 9.17) is 4.52 Å². The van der Waals surface area contributed by atoms with E-state index in [2.05, 4.69) is 10.5 Å². The lowest BCUT2D eigenvalue weighted by atomic mass is 10.1. The summed E-state index contributed by atoms with van der Waals surface area (Å²) < 4.78 is 4.95. The van der Waals surface area contributed by atoms with Gasteiger partial charge in [-0.2, -0.15) is 0 Å². The molecule has 78 valence electrons. The van der Waals surface area contributed by atoms with Gasteiger partial charge in [-0.3, -0.25) is 4.79 Å². The quantitative estimate of drug-likeness (QED) is 0.737. The minimum atomic E-state index is -0.113. The third-order valence-electron chi connectivity index (χ3n) is 2.45. The van der Waals surface area contributed by atoms with Gasteiger partial charge in [-0.1, -0.05) is 23.4 Å². The highest BCUT2D eigenvalue weighted by Crippen LogP contribution is 2.32. The molecule has 2 heterocycles. The van der Waals surface area contributed by atoms with E-state index in [0.29, 0.717) is 11.3 Å². The standard InChI is InChI=1S/C12H8N2O2/c15-12-10(7-8-5-6-13-16-8)9-3-1-2-4-11(9)14-12/h1-7H,(H,14,15)/b10-7-. The number of hydrogen-bond acceptors (Lipinski definition) is 3. The SMILES string of the molecule is O=C1Nc2ccccc2/C1=C/c1ccno1. The predicted molar refractivity (Wildman–Crippen MR) is 59.4 cm³/mol. The van der Waals surface area contributed by atoms with Crippen LogP contribution in [0.4, 0.5) is 5.69 Å². The normalized spacial score (nSPS) is 16.2. The van der Waals surface area contributed by atoms with E-state index in [-0.39, 0.29) is 5.91 Å². The lowest BCUT2D eigenvalue weighted by Crippen LogP contribution is -2.03. The second-order valence-corrected chi connectivity index (χ2v) is 3.47. The van der Waals surface area contributed by atoms with Crippen LogP contribution in [0, 0.1) is 0 Å². The Labute approximate surface area is 91.6 Å². The minimum Gasteiger partial charge on any atom is -0.357 e. The van der Waals surface area contributed by atoms with Crippen molar-refractivity contribution in [3.05, 3.63) is 47.9 Å². The van der Waals surface area contributed by atoms with Gasteiger partial charge in [0.1, 0.15) is 0 Å². The molecule has 16 heavy (non-hydrogen) atoms. The van der Waals surface area contributed by atoms with Crippen LogP contribution >= 0.6 is 0 Å². The lowest BCUT2D eigenvalue weighted by Gasteiger charge is -1.95. The number of nitrogens with zero attached hydrogens (tertiary/aromatic N) is 1. The molecular weight excluding hydrogens is 204 g/mol. The molecule has 0 atom stereocenters. The highest BCUT2D eigenvalue weighted by atomic mass is 16.5. The van der Waals surface area contributed by atoms with Gasteiger partial charge < -0.3 is 9.84 Å². The molecule has 1 amide bonds. The monoisotopic (exact) mass is 212 g/mol. The molecule has 0 bridgehead atoms. The third-order valence-corrected chi connectivity index (χ3v) is 2.45. The molecule has 0 saturated carbocycles. The number of carbonyl (C=O) groups is 1. The molecular formula is C12H8N2O2. The van der Waals surface area contributed by atoms with Crippen molar-refractivity contribution in [1.29, 1.82) is 0 Å². The maximum Gasteiger partial charge on any atom is 0.256 e. The summed E-state index contributed by atoms with van der Waals surface area (Å²) in [7, 11) is 0. The van der Waals surface area contributed by atoms with Crippen molar-refractivity contribution in [2.45, 2.75) is 0 Å². The molecule has 1 aromatic carbocycles. The van der Waals surface area contributed by atoms with E-state index in [1.165, 1.54) is 0 Å². The van der Waals surface area contributed by atoms with E-state index in [1.54, 1.807) is 18.3 Å². The molecule has 1 aromatic heterocycles. The second-order valence-electron chi connectivity index (χ2n) is 3.47. The van der Waals surface area contributed by atoms with Gasteiger partial charge in [0.2, 0.25) is 0 Å². The topological polar surface area (TPSA) is 55.1 Å². The van der Waals surface area contributed by atoms with Crippen LogP contribution in [0.3, 0.4) is 0 Å². The summed E-state index contributed by atoms with van der Waals surface area (Å²) in [6, 6.07) is 9.26. The van der Waals surface area contributed by atoms with Crippen LogP contribution in [0.5, 0.6) is 0 Å². The van der Waals surface area contributed by atoms with Crippen LogP contribution in [-0.4, -0.2) is 11.1 Å². The van der Waals surface area contributed by atoms with Crippen molar-refractivity contribution >= 4 is 23.2 Å². The number of hydrogen-bond donors (Lipinski definition) is 1. The molecule has 3 rings (SSSR count). The molecule has 0 saturated heterocycles. The lowest BCUT2D eigenvalue weighted by molar-refractivity contribution is -0.110. The summed E-state index contributed by atoms with van der Waals surface area (Å²) in [5.41, 5.74) is 2.33. The first-order valence-electron chi connectivity index (χ1n) is 4.88. The molecule has 0 unspecified atom stereocenters. The van der Waals surface area contributed by atoms with Crippen LogP contribution in [0.25, 0.3) is 11.6 Å². The number of carbonyl (C=O) groups excluding carboxylic acids is 1. The maximum atomic E-state index is 11.7. The fraction of sp³-hybridized carbons (Fsp3) is 0. The van der Waals surface area contributed by atoms with Crippen LogP contribution in [0.15, 0.2) is 41.1 Å². The number of nitrogens with one attached hydrogen (secondary N) is 1. The first-order valence-corrected chi connectivity index (χ1v) is 4.88. The Hall–Kier alpha value is -2.36. The van der Waals surface area contributed by atoms with Crippen molar-refractivity contribution in [2.24, 2.45) is 0 Å². The zero-order valence-corrected chi connectivity index (χ0v) is 8.31. The summed E-state index contributed by atoms with van der Waals surface area (Å²) in [5.74, 6) is 0.458. The number of amides is 1. The molecule has 1 aliphatic heterocycles. The predicted octanol–water partition coefficient (Wildman–Crippen LogP) is 2.17. The Morgan fingerprint density at radius 3 is 2.94 bits per heavy atom. The van der Waals surface area contributed by atoms with Crippen LogP contribution in [0.2, 0.25) is 0 Å². The molecule has 0 fully saturated rings. The Morgan fingerprint density at radius 1 is 1.25 bits per heavy atom. The first-order chi connectivity index (χ1) is 7.84. The van der Waals surface area contributed by atoms with Crippen molar-refractivity contribution < 1.29 is 9.32 Å². The van der Waals surface area contributed by atoms with Gasteiger partial charge in [0, 0.05) is 17.3 Å². The highest BCUT2D eigenvalue weighted by molar-refractivity contribution is 6.34. The Kier molecular flexibility index (Phi) is 1.86. The Bertz CT molecular complexity index is 570. The van der Waals surface area contributed by atoms with Gasteiger partial charge in [0.25, 0.3) is 5.91 Å². The summed E-state index contributed by atoms with van der Waals surface area (Å²) in [5, 5.41) is 6.38. The van der Waals surface area contributed by atoms with Gasteiger partial charge in [0.05, 0.1) is 11.8 Å². The highest BCUT2D eigenvalue weighted by Gasteiger charge is 2.23. The van der Waals surface area contributed by atoms with Crippen LogP contribution in [-0.2, 0) is 4.79 Å². The summed E-state index contributed by atoms with van der Waals surface area (Å²) in [4.78, 5) is 11.7. The molecule has 4 heteroatoms. The van der Waals surface area contributed by atoms with Gasteiger partial charge >= 0.3 is 0 Å². The molecule has 1 N–H and O–H groups in total. The summed E-state index contributed by atoms with van der Waals surface area (Å²) >= 11 is 0. The number of benzene rings is 1. The average Bonchev–Trinajstić information content (AvgIpc) is 2.89. The van der Waals surface area contributed by atoms with E-state index in [0.717, 1.165) is 11.3 Å². The van der Waals surface area contributed by atoms with Gasteiger partial charge in [0.15, 0.2) is 5.76 Å². The zero-order valence-electron chi connectivity index (χ0n) is 8.31. The second kappa shape index (κ2) is 3.34. The van der Waals surface area contributed by atoms with Crippen LogP contribution < -0.4 is 5.32 Å². The maximum absolute atomic E-state index is 11.7. The Balaban J connectivity index is 2.12. The average molecular weight is 212 g/mol. The minimum absolute atomic E-state index is 0.113. The molecule has 4 nitrogen and oxygen atoms in total. The zero-order chi connectivity index (χ0) is 11.0. The van der Waals surface area contributed by atoms with Crippen molar-refractivity contribution in [3.8, 4) is 0 Å². The van der Waals surface area contributed by atoms with E-state index in [9.17, 15) is 4.79 Å². The molecule has 0 spiro atoms. The van der Waals surface area contributed by atoms with E-state index in [1.807, 2.05) is 24.3 Å².